The van der Waals surface area contributed by atoms with Crippen molar-refractivity contribution in [2.75, 3.05) is 34.0 Å². The van der Waals surface area contributed by atoms with Gasteiger partial charge in [-0.25, -0.2) is 0 Å². The molecule has 0 aliphatic rings. The predicted molar refractivity (Wildman–Crippen MR) is 66.2 cm³/mol. The Balaban J connectivity index is 3.38. The molecule has 0 aromatic rings. The summed E-state index contributed by atoms with van der Waals surface area (Å²) in [7, 11) is 3.40. The van der Waals surface area contributed by atoms with E-state index in [2.05, 4.69) is 17.6 Å². The molecule has 0 spiro atoms. The van der Waals surface area contributed by atoms with Crippen molar-refractivity contribution in [3.05, 3.63) is 0 Å². The molecule has 15 heavy (non-hydrogen) atoms. The van der Waals surface area contributed by atoms with E-state index in [1.54, 1.807) is 14.2 Å². The van der Waals surface area contributed by atoms with Gasteiger partial charge in [0, 0.05) is 40.0 Å². The quantitative estimate of drug-likeness (QED) is 0.483. The maximum Gasteiger partial charge on any atom is 0.166 e. The lowest BCUT2D eigenvalue weighted by Gasteiger charge is -2.16. The molecule has 0 rings (SSSR count). The summed E-state index contributed by atoms with van der Waals surface area (Å²) in [5.41, 5.74) is 0. The zero-order valence-corrected chi connectivity index (χ0v) is 10.7. The third-order valence-corrected chi connectivity index (χ3v) is 2.21. The average Bonchev–Trinajstić information content (AvgIpc) is 2.21. The van der Waals surface area contributed by atoms with Gasteiger partial charge in [-0.1, -0.05) is 0 Å². The Labute approximate surface area is 97.7 Å². The van der Waals surface area contributed by atoms with E-state index in [1.165, 1.54) is 0 Å². The Hall–Kier alpha value is -0.390. The molecule has 4 nitrogen and oxygen atoms in total. The zero-order chi connectivity index (χ0) is 11.5. The van der Waals surface area contributed by atoms with Crippen molar-refractivity contribution >= 4 is 17.3 Å². The number of rotatable bonds is 8. The Morgan fingerprint density at radius 3 is 2.53 bits per heavy atom. The minimum Gasteiger partial charge on any atom is -0.385 e. The lowest BCUT2D eigenvalue weighted by atomic mass is 10.2. The lowest BCUT2D eigenvalue weighted by Crippen LogP contribution is -2.41. The van der Waals surface area contributed by atoms with E-state index in [0.717, 1.165) is 32.6 Å². The fourth-order valence-corrected chi connectivity index (χ4v) is 1.36. The van der Waals surface area contributed by atoms with Crippen molar-refractivity contribution in [3.63, 3.8) is 0 Å². The van der Waals surface area contributed by atoms with Gasteiger partial charge in [-0.2, -0.15) is 0 Å². The molecule has 2 N–H and O–H groups in total. The van der Waals surface area contributed by atoms with Crippen LogP contribution in [0.2, 0.25) is 0 Å². The van der Waals surface area contributed by atoms with Gasteiger partial charge in [0.05, 0.1) is 0 Å². The van der Waals surface area contributed by atoms with Crippen molar-refractivity contribution in [1.29, 1.82) is 0 Å². The van der Waals surface area contributed by atoms with Crippen LogP contribution in [0.3, 0.4) is 0 Å². The average molecular weight is 234 g/mol. The molecule has 0 saturated carbocycles. The normalized spacial score (nSPS) is 12.2. The first-order valence-corrected chi connectivity index (χ1v) is 5.63. The molecule has 0 aromatic heterocycles. The second-order valence-corrected chi connectivity index (χ2v) is 3.84. The lowest BCUT2D eigenvalue weighted by molar-refractivity contribution is 0.187. The van der Waals surface area contributed by atoms with Crippen molar-refractivity contribution in [2.45, 2.75) is 25.8 Å². The van der Waals surface area contributed by atoms with E-state index in [-0.39, 0.29) is 0 Å². The molecule has 0 saturated heterocycles. The molecule has 5 heteroatoms. The summed E-state index contributed by atoms with van der Waals surface area (Å²) in [6, 6.07) is 0.340. The minimum atomic E-state index is 0.340. The van der Waals surface area contributed by atoms with Crippen LogP contribution in [-0.4, -0.2) is 45.1 Å². The molecule has 0 heterocycles. The fraction of sp³-hybridized carbons (Fsp3) is 0.900. The number of hydrogen-bond acceptors (Lipinski definition) is 3. The van der Waals surface area contributed by atoms with Gasteiger partial charge in [-0.3, -0.25) is 0 Å². The van der Waals surface area contributed by atoms with Gasteiger partial charge in [0.25, 0.3) is 0 Å². The van der Waals surface area contributed by atoms with Gasteiger partial charge < -0.3 is 20.1 Å². The summed E-state index contributed by atoms with van der Waals surface area (Å²) in [5, 5.41) is 7.02. The molecule has 0 bridgehead atoms. The summed E-state index contributed by atoms with van der Waals surface area (Å²) >= 11 is 5.13. The van der Waals surface area contributed by atoms with Gasteiger partial charge in [0.1, 0.15) is 0 Å². The third kappa shape index (κ3) is 9.90. The predicted octanol–water partition coefficient (Wildman–Crippen LogP) is 0.912. The first kappa shape index (κ1) is 14.6. The van der Waals surface area contributed by atoms with Crippen LogP contribution in [0.1, 0.15) is 19.8 Å². The fourth-order valence-electron chi connectivity index (χ4n) is 1.06. The van der Waals surface area contributed by atoms with Crippen LogP contribution in [0.25, 0.3) is 0 Å². The van der Waals surface area contributed by atoms with Gasteiger partial charge in [-0.15, -0.1) is 0 Å². The van der Waals surface area contributed by atoms with Crippen molar-refractivity contribution in [1.82, 2.24) is 10.6 Å². The summed E-state index contributed by atoms with van der Waals surface area (Å²) in [5.74, 6) is 0. The van der Waals surface area contributed by atoms with Crippen LogP contribution in [-0.2, 0) is 9.47 Å². The summed E-state index contributed by atoms with van der Waals surface area (Å²) in [6.45, 7) is 4.44. The van der Waals surface area contributed by atoms with Crippen LogP contribution in [0.15, 0.2) is 0 Å². The highest BCUT2D eigenvalue weighted by molar-refractivity contribution is 7.80. The molecule has 0 amide bonds. The smallest absolute Gasteiger partial charge is 0.166 e. The van der Waals surface area contributed by atoms with Crippen LogP contribution >= 0.6 is 12.2 Å². The van der Waals surface area contributed by atoms with E-state index in [9.17, 15) is 0 Å². The maximum atomic E-state index is 5.13. The first-order chi connectivity index (χ1) is 7.20. The van der Waals surface area contributed by atoms with E-state index in [0.29, 0.717) is 11.2 Å². The number of thiocarbonyl (C=S) groups is 1. The van der Waals surface area contributed by atoms with E-state index in [1.807, 2.05) is 0 Å². The highest BCUT2D eigenvalue weighted by Gasteiger charge is 2.02. The Bertz CT molecular complexity index is 168. The summed E-state index contributed by atoms with van der Waals surface area (Å²) in [6.07, 6.45) is 1.92. The van der Waals surface area contributed by atoms with Crippen LogP contribution in [0, 0.1) is 0 Å². The molecule has 90 valence electrons. The number of ether oxygens (including phenoxy) is 2. The van der Waals surface area contributed by atoms with Gasteiger partial charge in [0.15, 0.2) is 5.11 Å². The second kappa shape index (κ2) is 10.1. The number of methoxy groups -OCH3 is 2. The molecule has 0 radical (unpaired) electrons. The Morgan fingerprint density at radius 2 is 1.93 bits per heavy atom. The number of nitrogens with one attached hydrogen (secondary N) is 2. The standard InChI is InChI=1S/C10H22N2O2S/c1-9(5-8-14-3)12-10(15)11-6-4-7-13-2/h9H,4-8H2,1-3H3,(H2,11,12,15). The Kier molecular flexibility index (Phi) is 9.88. The van der Waals surface area contributed by atoms with Crippen molar-refractivity contribution in [3.8, 4) is 0 Å². The van der Waals surface area contributed by atoms with Crippen LogP contribution < -0.4 is 10.6 Å². The SMILES string of the molecule is COCCCNC(=S)NC(C)CCOC. The molecule has 1 unspecified atom stereocenters. The third-order valence-electron chi connectivity index (χ3n) is 1.94. The summed E-state index contributed by atoms with van der Waals surface area (Å²) in [4.78, 5) is 0. The maximum absolute atomic E-state index is 5.13. The van der Waals surface area contributed by atoms with Gasteiger partial charge in [0.2, 0.25) is 0 Å². The van der Waals surface area contributed by atoms with E-state index < -0.39 is 0 Å². The number of hydrogen-bond donors (Lipinski definition) is 2. The van der Waals surface area contributed by atoms with Crippen molar-refractivity contribution in [2.24, 2.45) is 0 Å². The molecular weight excluding hydrogens is 212 g/mol. The van der Waals surface area contributed by atoms with Gasteiger partial charge >= 0.3 is 0 Å². The molecule has 1 atom stereocenters. The van der Waals surface area contributed by atoms with E-state index >= 15 is 0 Å². The molecule has 0 aliphatic heterocycles. The Morgan fingerprint density at radius 1 is 1.27 bits per heavy atom. The highest BCUT2D eigenvalue weighted by Crippen LogP contribution is 1.90. The topological polar surface area (TPSA) is 42.5 Å². The molecule has 0 aromatic carbocycles. The van der Waals surface area contributed by atoms with Crippen molar-refractivity contribution < 1.29 is 9.47 Å². The van der Waals surface area contributed by atoms with Gasteiger partial charge in [-0.05, 0) is 32.0 Å². The molecule has 0 aliphatic carbocycles. The first-order valence-electron chi connectivity index (χ1n) is 5.23. The highest BCUT2D eigenvalue weighted by atomic mass is 32.1. The molecular formula is C10H22N2O2S. The zero-order valence-electron chi connectivity index (χ0n) is 9.84. The largest absolute Gasteiger partial charge is 0.385 e. The summed E-state index contributed by atoms with van der Waals surface area (Å²) < 4.78 is 9.92. The monoisotopic (exact) mass is 234 g/mol. The molecule has 0 fully saturated rings. The second-order valence-electron chi connectivity index (χ2n) is 3.43. The minimum absolute atomic E-state index is 0.340. The van der Waals surface area contributed by atoms with Crippen LogP contribution in [0.5, 0.6) is 0 Å². The van der Waals surface area contributed by atoms with Crippen LogP contribution in [0.4, 0.5) is 0 Å². The van der Waals surface area contributed by atoms with E-state index in [4.69, 9.17) is 21.7 Å².